The molecule has 0 aliphatic rings. The Labute approximate surface area is 139 Å². The van der Waals surface area contributed by atoms with Gasteiger partial charge in [-0.15, -0.1) is 0 Å². The van der Waals surface area contributed by atoms with Gasteiger partial charge in [0.15, 0.2) is 0 Å². The lowest BCUT2D eigenvalue weighted by atomic mass is 10.2. The van der Waals surface area contributed by atoms with Gasteiger partial charge in [-0.25, -0.2) is 4.98 Å². The van der Waals surface area contributed by atoms with Gasteiger partial charge < -0.3 is 9.73 Å². The van der Waals surface area contributed by atoms with Crippen LogP contribution in [0.25, 0.3) is 21.9 Å². The van der Waals surface area contributed by atoms with Gasteiger partial charge in [0.1, 0.15) is 17.0 Å². The molecule has 0 fully saturated rings. The lowest BCUT2D eigenvalue weighted by molar-refractivity contribution is 0.0931. The molecular formula is C20H16N2O2. The van der Waals surface area contributed by atoms with Crippen LogP contribution >= 0.6 is 0 Å². The molecule has 0 aliphatic carbocycles. The van der Waals surface area contributed by atoms with E-state index in [9.17, 15) is 4.79 Å². The number of para-hydroxylation sites is 2. The number of fused-ring (bicyclic) bond motifs is 2. The van der Waals surface area contributed by atoms with Crippen LogP contribution in [-0.4, -0.2) is 10.9 Å². The second kappa shape index (κ2) is 5.81. The summed E-state index contributed by atoms with van der Waals surface area (Å²) in [5.41, 5.74) is 2.02. The first-order valence-electron chi connectivity index (χ1n) is 7.86. The van der Waals surface area contributed by atoms with Crippen LogP contribution in [0.3, 0.4) is 0 Å². The van der Waals surface area contributed by atoms with E-state index in [4.69, 9.17) is 4.42 Å². The Morgan fingerprint density at radius 2 is 1.75 bits per heavy atom. The topological polar surface area (TPSA) is 55.1 Å². The molecule has 0 bridgehead atoms. The van der Waals surface area contributed by atoms with Crippen LogP contribution < -0.4 is 5.32 Å². The minimum atomic E-state index is -0.238. The molecule has 2 heterocycles. The quantitative estimate of drug-likeness (QED) is 0.606. The third-order valence-corrected chi connectivity index (χ3v) is 4.05. The lowest BCUT2D eigenvalue weighted by Gasteiger charge is -2.11. The van der Waals surface area contributed by atoms with Crippen molar-refractivity contribution in [3.63, 3.8) is 0 Å². The zero-order chi connectivity index (χ0) is 16.5. The molecule has 4 heteroatoms. The number of amides is 1. The van der Waals surface area contributed by atoms with Gasteiger partial charge in [0, 0.05) is 10.8 Å². The van der Waals surface area contributed by atoms with E-state index < -0.39 is 0 Å². The summed E-state index contributed by atoms with van der Waals surface area (Å²) >= 11 is 0. The predicted octanol–water partition coefficient (Wildman–Crippen LogP) is 4.47. The molecule has 4 aromatic rings. The Balaban J connectivity index is 1.57. The maximum Gasteiger partial charge on any atom is 0.270 e. The number of furan rings is 1. The molecule has 2 aromatic carbocycles. The van der Waals surface area contributed by atoms with Crippen molar-refractivity contribution >= 4 is 27.8 Å². The highest BCUT2D eigenvalue weighted by molar-refractivity contribution is 5.95. The summed E-state index contributed by atoms with van der Waals surface area (Å²) in [5, 5.41) is 4.98. The van der Waals surface area contributed by atoms with Gasteiger partial charge in [-0.05, 0) is 31.2 Å². The maximum atomic E-state index is 12.5. The van der Waals surface area contributed by atoms with Crippen molar-refractivity contribution in [2.24, 2.45) is 0 Å². The highest BCUT2D eigenvalue weighted by Gasteiger charge is 2.16. The number of benzene rings is 2. The van der Waals surface area contributed by atoms with E-state index in [0.717, 1.165) is 27.6 Å². The molecular weight excluding hydrogens is 300 g/mol. The van der Waals surface area contributed by atoms with Gasteiger partial charge in [0.05, 0.1) is 11.6 Å². The molecule has 0 aliphatic heterocycles. The molecule has 24 heavy (non-hydrogen) atoms. The van der Waals surface area contributed by atoms with Crippen molar-refractivity contribution in [3.05, 3.63) is 78.2 Å². The van der Waals surface area contributed by atoms with Crippen LogP contribution in [0.15, 0.2) is 71.1 Å². The largest absolute Gasteiger partial charge is 0.459 e. The molecule has 1 amide bonds. The minimum Gasteiger partial charge on any atom is -0.459 e. The Bertz CT molecular complexity index is 1000. The monoisotopic (exact) mass is 316 g/mol. The van der Waals surface area contributed by atoms with Gasteiger partial charge in [-0.3, -0.25) is 4.79 Å². The first-order valence-corrected chi connectivity index (χ1v) is 7.86. The zero-order valence-corrected chi connectivity index (χ0v) is 13.2. The molecule has 2 aromatic heterocycles. The van der Waals surface area contributed by atoms with E-state index >= 15 is 0 Å². The number of hydrogen-bond acceptors (Lipinski definition) is 3. The molecule has 1 atom stereocenters. The molecule has 4 nitrogen and oxygen atoms in total. The van der Waals surface area contributed by atoms with Gasteiger partial charge in [-0.2, -0.15) is 0 Å². The summed E-state index contributed by atoms with van der Waals surface area (Å²) in [6.07, 6.45) is 0. The van der Waals surface area contributed by atoms with E-state index in [1.807, 2.05) is 67.6 Å². The van der Waals surface area contributed by atoms with Crippen LogP contribution in [0, 0.1) is 0 Å². The number of hydrogen-bond donors (Lipinski definition) is 1. The Morgan fingerprint density at radius 3 is 2.58 bits per heavy atom. The van der Waals surface area contributed by atoms with Crippen molar-refractivity contribution in [2.75, 3.05) is 0 Å². The van der Waals surface area contributed by atoms with Crippen molar-refractivity contribution in [2.45, 2.75) is 13.0 Å². The van der Waals surface area contributed by atoms with Crippen LogP contribution in [0.4, 0.5) is 0 Å². The second-order valence-electron chi connectivity index (χ2n) is 5.77. The summed E-state index contributed by atoms with van der Waals surface area (Å²) in [5.74, 6) is 0.513. The van der Waals surface area contributed by atoms with Crippen molar-refractivity contribution in [3.8, 4) is 0 Å². The fourth-order valence-corrected chi connectivity index (χ4v) is 2.75. The van der Waals surface area contributed by atoms with Gasteiger partial charge >= 0.3 is 0 Å². The Kier molecular flexibility index (Phi) is 3.50. The van der Waals surface area contributed by atoms with Gasteiger partial charge in [-0.1, -0.05) is 42.5 Å². The van der Waals surface area contributed by atoms with Crippen LogP contribution in [0.5, 0.6) is 0 Å². The minimum absolute atomic E-state index is 0.214. The number of rotatable bonds is 3. The molecule has 118 valence electrons. The number of aromatic nitrogens is 1. The maximum absolute atomic E-state index is 12.5. The Morgan fingerprint density at radius 1 is 1.00 bits per heavy atom. The summed E-state index contributed by atoms with van der Waals surface area (Å²) < 4.78 is 5.80. The van der Waals surface area contributed by atoms with Gasteiger partial charge in [0.2, 0.25) is 0 Å². The first-order chi connectivity index (χ1) is 11.7. The smallest absolute Gasteiger partial charge is 0.270 e. The molecule has 0 radical (unpaired) electrons. The number of carbonyl (C=O) groups excluding carboxylic acids is 1. The van der Waals surface area contributed by atoms with Gasteiger partial charge in [0.25, 0.3) is 5.91 Å². The highest BCUT2D eigenvalue weighted by atomic mass is 16.3. The van der Waals surface area contributed by atoms with E-state index in [1.165, 1.54) is 0 Å². The van der Waals surface area contributed by atoms with E-state index in [1.54, 1.807) is 6.07 Å². The van der Waals surface area contributed by atoms with E-state index in [2.05, 4.69) is 10.3 Å². The average molecular weight is 316 g/mol. The lowest BCUT2D eigenvalue weighted by Crippen LogP contribution is -2.27. The fourth-order valence-electron chi connectivity index (χ4n) is 2.75. The van der Waals surface area contributed by atoms with Crippen LogP contribution in [0.1, 0.15) is 29.2 Å². The molecule has 0 spiro atoms. The number of carbonyl (C=O) groups is 1. The van der Waals surface area contributed by atoms with Crippen molar-refractivity contribution in [1.82, 2.24) is 10.3 Å². The number of nitrogens with one attached hydrogen (secondary N) is 1. The van der Waals surface area contributed by atoms with E-state index in [0.29, 0.717) is 5.69 Å². The standard InChI is InChI=1S/C20H16N2O2/c1-13(19-12-15-7-3-5-9-18(15)24-19)21-20(23)17-11-10-14-6-2-4-8-16(14)22-17/h2-13H,1H3,(H,21,23). The number of nitrogens with zero attached hydrogens (tertiary/aromatic N) is 1. The zero-order valence-electron chi connectivity index (χ0n) is 13.2. The van der Waals surface area contributed by atoms with Crippen molar-refractivity contribution in [1.29, 1.82) is 0 Å². The second-order valence-corrected chi connectivity index (χ2v) is 5.77. The fraction of sp³-hybridized carbons (Fsp3) is 0.100. The summed E-state index contributed by atoms with van der Waals surface area (Å²) in [4.78, 5) is 16.9. The predicted molar refractivity (Wildman–Crippen MR) is 93.8 cm³/mol. The van der Waals surface area contributed by atoms with E-state index in [-0.39, 0.29) is 11.9 Å². The van der Waals surface area contributed by atoms with Crippen LogP contribution in [0.2, 0.25) is 0 Å². The molecule has 4 rings (SSSR count). The normalized spacial score (nSPS) is 12.4. The highest BCUT2D eigenvalue weighted by Crippen LogP contribution is 2.23. The third kappa shape index (κ3) is 2.63. The van der Waals surface area contributed by atoms with Crippen molar-refractivity contribution < 1.29 is 9.21 Å². The molecule has 0 saturated carbocycles. The molecule has 1 unspecified atom stereocenters. The number of pyridine rings is 1. The summed E-state index contributed by atoms with van der Waals surface area (Å²) in [7, 11) is 0. The average Bonchev–Trinajstić information content (AvgIpc) is 3.05. The summed E-state index contributed by atoms with van der Waals surface area (Å²) in [6, 6.07) is 20.9. The summed E-state index contributed by atoms with van der Waals surface area (Å²) in [6.45, 7) is 1.90. The first kappa shape index (κ1) is 14.5. The molecule has 1 N–H and O–H groups in total. The van der Waals surface area contributed by atoms with Crippen LogP contribution in [-0.2, 0) is 0 Å². The SMILES string of the molecule is CC(NC(=O)c1ccc2ccccc2n1)c1cc2ccccc2o1. The Hall–Kier alpha value is -3.14. The molecule has 0 saturated heterocycles. The third-order valence-electron chi connectivity index (χ3n) is 4.05.